The van der Waals surface area contributed by atoms with E-state index >= 15 is 0 Å². The van der Waals surface area contributed by atoms with Gasteiger partial charge < -0.3 is 15.1 Å². The Morgan fingerprint density at radius 3 is 2.70 bits per heavy atom. The van der Waals surface area contributed by atoms with Crippen LogP contribution in [-0.2, 0) is 0 Å². The molecule has 0 amide bonds. The van der Waals surface area contributed by atoms with E-state index in [2.05, 4.69) is 51.0 Å². The van der Waals surface area contributed by atoms with Crippen molar-refractivity contribution in [2.45, 2.75) is 32.7 Å². The van der Waals surface area contributed by atoms with Gasteiger partial charge >= 0.3 is 0 Å². The van der Waals surface area contributed by atoms with Crippen LogP contribution in [0.2, 0.25) is 5.28 Å². The number of aromatic nitrogens is 3. The summed E-state index contributed by atoms with van der Waals surface area (Å²) in [7, 11) is 2.13. The number of anilines is 2. The highest BCUT2D eigenvalue weighted by molar-refractivity contribution is 6.28. The second-order valence-electron chi connectivity index (χ2n) is 5.15. The van der Waals surface area contributed by atoms with E-state index in [1.165, 1.54) is 6.42 Å². The van der Waals surface area contributed by atoms with E-state index in [1.807, 2.05) is 0 Å². The number of likely N-dealkylation sites (N-methyl/N-ethyl adjacent to an activating group) is 1. The lowest BCUT2D eigenvalue weighted by Gasteiger charge is -2.30. The van der Waals surface area contributed by atoms with Crippen molar-refractivity contribution in [1.82, 2.24) is 19.9 Å². The van der Waals surface area contributed by atoms with Crippen molar-refractivity contribution >= 4 is 23.5 Å². The number of hydrogen-bond donors (Lipinski definition) is 1. The van der Waals surface area contributed by atoms with Crippen LogP contribution in [0.1, 0.15) is 26.7 Å². The van der Waals surface area contributed by atoms with Crippen LogP contribution in [0.4, 0.5) is 11.9 Å². The van der Waals surface area contributed by atoms with Crippen LogP contribution < -0.4 is 10.2 Å². The van der Waals surface area contributed by atoms with Gasteiger partial charge in [-0.2, -0.15) is 15.0 Å². The molecule has 0 bridgehead atoms. The Bertz CT molecular complexity index is 437. The number of halogens is 1. The summed E-state index contributed by atoms with van der Waals surface area (Å²) in [6.07, 6.45) is 2.32. The Kier molecular flexibility index (Phi) is 5.37. The largest absolute Gasteiger partial charge is 0.350 e. The van der Waals surface area contributed by atoms with Gasteiger partial charge in [-0.3, -0.25) is 0 Å². The molecule has 0 aromatic carbocycles. The lowest BCUT2D eigenvalue weighted by atomic mass is 10.1. The highest BCUT2D eigenvalue weighted by Gasteiger charge is 2.19. The molecule has 1 aromatic heterocycles. The molecule has 0 saturated carbocycles. The Morgan fingerprint density at radius 2 is 2.05 bits per heavy atom. The third-order valence-electron chi connectivity index (χ3n) is 3.60. The van der Waals surface area contributed by atoms with Crippen molar-refractivity contribution in [2.24, 2.45) is 0 Å². The van der Waals surface area contributed by atoms with Crippen molar-refractivity contribution < 1.29 is 0 Å². The predicted octanol–water partition coefficient (Wildman–Crippen LogP) is 1.88. The fraction of sp³-hybridized carbons (Fsp3) is 0.769. The first-order valence-electron chi connectivity index (χ1n) is 7.24. The van der Waals surface area contributed by atoms with Crippen LogP contribution >= 0.6 is 11.6 Å². The maximum Gasteiger partial charge on any atom is 0.231 e. The van der Waals surface area contributed by atoms with Gasteiger partial charge in [-0.05, 0) is 51.9 Å². The molecule has 1 saturated heterocycles. The minimum Gasteiger partial charge on any atom is -0.350 e. The Labute approximate surface area is 125 Å². The second-order valence-corrected chi connectivity index (χ2v) is 5.48. The molecule has 20 heavy (non-hydrogen) atoms. The van der Waals surface area contributed by atoms with Gasteiger partial charge in [0.25, 0.3) is 0 Å². The third-order valence-corrected chi connectivity index (χ3v) is 3.77. The minimum atomic E-state index is 0.244. The van der Waals surface area contributed by atoms with Crippen LogP contribution in [0.25, 0.3) is 0 Å². The van der Waals surface area contributed by atoms with E-state index in [0.29, 0.717) is 17.9 Å². The molecule has 0 spiro atoms. The van der Waals surface area contributed by atoms with Gasteiger partial charge in [-0.1, -0.05) is 0 Å². The van der Waals surface area contributed by atoms with Crippen molar-refractivity contribution in [3.8, 4) is 0 Å². The smallest absolute Gasteiger partial charge is 0.231 e. The number of likely N-dealkylation sites (tertiary alicyclic amines) is 1. The Hall–Kier alpha value is -1.14. The summed E-state index contributed by atoms with van der Waals surface area (Å²) in [5.74, 6) is 1.22. The number of nitrogens with one attached hydrogen (secondary N) is 1. The first-order chi connectivity index (χ1) is 9.62. The minimum absolute atomic E-state index is 0.244. The third kappa shape index (κ3) is 3.93. The molecule has 1 unspecified atom stereocenters. The maximum absolute atomic E-state index is 6.02. The zero-order valence-corrected chi connectivity index (χ0v) is 13.2. The van der Waals surface area contributed by atoms with Crippen molar-refractivity contribution in [3.63, 3.8) is 0 Å². The average molecular weight is 299 g/mol. The van der Waals surface area contributed by atoms with Crippen molar-refractivity contribution in [2.75, 3.05) is 43.4 Å². The highest BCUT2D eigenvalue weighted by Crippen LogP contribution is 2.17. The number of piperidine rings is 1. The SMILES string of the molecule is CCN(CC)c1nc(Cl)nc(NC2CCCN(C)C2)n1. The first-order valence-corrected chi connectivity index (χ1v) is 7.61. The number of hydrogen-bond acceptors (Lipinski definition) is 6. The molecule has 112 valence electrons. The maximum atomic E-state index is 6.02. The van der Waals surface area contributed by atoms with Crippen molar-refractivity contribution in [1.29, 1.82) is 0 Å². The van der Waals surface area contributed by atoms with E-state index in [4.69, 9.17) is 11.6 Å². The van der Waals surface area contributed by atoms with Crippen LogP contribution in [-0.4, -0.2) is 59.1 Å². The zero-order chi connectivity index (χ0) is 14.5. The predicted molar refractivity (Wildman–Crippen MR) is 82.5 cm³/mol. The van der Waals surface area contributed by atoms with E-state index in [9.17, 15) is 0 Å². The fourth-order valence-corrected chi connectivity index (χ4v) is 2.67. The molecule has 2 rings (SSSR count). The molecule has 1 fully saturated rings. The summed E-state index contributed by atoms with van der Waals surface area (Å²) in [6.45, 7) is 8.00. The van der Waals surface area contributed by atoms with Gasteiger partial charge in [0.1, 0.15) is 0 Å². The van der Waals surface area contributed by atoms with Crippen LogP contribution in [0.3, 0.4) is 0 Å². The molecular weight excluding hydrogens is 276 g/mol. The monoisotopic (exact) mass is 298 g/mol. The first kappa shape index (κ1) is 15.3. The molecule has 0 aliphatic carbocycles. The summed E-state index contributed by atoms with van der Waals surface area (Å²) in [5, 5.41) is 3.62. The van der Waals surface area contributed by atoms with Crippen LogP contribution in [0.5, 0.6) is 0 Å². The normalized spacial score (nSPS) is 19.9. The zero-order valence-electron chi connectivity index (χ0n) is 12.4. The van der Waals surface area contributed by atoms with Gasteiger partial charge in [0.2, 0.25) is 17.2 Å². The summed E-state index contributed by atoms with van der Waals surface area (Å²) in [5.41, 5.74) is 0. The summed E-state index contributed by atoms with van der Waals surface area (Å²) in [6, 6.07) is 0.372. The van der Waals surface area contributed by atoms with Gasteiger partial charge in [-0.15, -0.1) is 0 Å². The standard InChI is InChI=1S/C13H23ClN6/c1-4-20(5-2)13-17-11(14)16-12(18-13)15-10-7-6-8-19(3)9-10/h10H,4-9H2,1-3H3,(H,15,16,17,18). The summed E-state index contributed by atoms with van der Waals surface area (Å²) >= 11 is 6.02. The average Bonchev–Trinajstić information content (AvgIpc) is 2.39. The van der Waals surface area contributed by atoms with Gasteiger partial charge in [0.15, 0.2) is 0 Å². The van der Waals surface area contributed by atoms with Gasteiger partial charge in [0, 0.05) is 25.7 Å². The lowest BCUT2D eigenvalue weighted by molar-refractivity contribution is 0.260. The van der Waals surface area contributed by atoms with Crippen LogP contribution in [0, 0.1) is 0 Å². The molecule has 1 atom stereocenters. The summed E-state index contributed by atoms with van der Waals surface area (Å²) in [4.78, 5) is 17.3. The lowest BCUT2D eigenvalue weighted by Crippen LogP contribution is -2.40. The summed E-state index contributed by atoms with van der Waals surface area (Å²) < 4.78 is 0. The van der Waals surface area contributed by atoms with E-state index in [1.54, 1.807) is 0 Å². The molecule has 1 aliphatic heterocycles. The molecule has 6 nitrogen and oxygen atoms in total. The van der Waals surface area contributed by atoms with Crippen molar-refractivity contribution in [3.05, 3.63) is 5.28 Å². The molecule has 1 N–H and O–H groups in total. The molecule has 1 aliphatic rings. The fourth-order valence-electron chi connectivity index (χ4n) is 2.52. The van der Waals surface area contributed by atoms with E-state index in [-0.39, 0.29) is 5.28 Å². The number of rotatable bonds is 5. The topological polar surface area (TPSA) is 57.2 Å². The van der Waals surface area contributed by atoms with Crippen LogP contribution in [0.15, 0.2) is 0 Å². The van der Waals surface area contributed by atoms with E-state index < -0.39 is 0 Å². The molecule has 0 radical (unpaired) electrons. The Morgan fingerprint density at radius 1 is 1.30 bits per heavy atom. The van der Waals surface area contributed by atoms with Gasteiger partial charge in [0.05, 0.1) is 0 Å². The molecule has 2 heterocycles. The van der Waals surface area contributed by atoms with Gasteiger partial charge in [-0.25, -0.2) is 0 Å². The molecule has 1 aromatic rings. The molecule has 7 heteroatoms. The quantitative estimate of drug-likeness (QED) is 0.896. The molecular formula is C13H23ClN6. The van der Waals surface area contributed by atoms with E-state index in [0.717, 1.165) is 32.6 Å². The Balaban J connectivity index is 2.11. The number of nitrogens with zero attached hydrogens (tertiary/aromatic N) is 5. The highest BCUT2D eigenvalue weighted by atomic mass is 35.5. The second kappa shape index (κ2) is 7.04.